The van der Waals surface area contributed by atoms with Crippen LogP contribution in [0.2, 0.25) is 0 Å². The van der Waals surface area contributed by atoms with Crippen molar-refractivity contribution in [1.82, 2.24) is 9.71 Å². The van der Waals surface area contributed by atoms with Crippen LogP contribution < -0.4 is 10.5 Å². The Morgan fingerprint density at radius 1 is 1.50 bits per heavy atom. The van der Waals surface area contributed by atoms with Crippen LogP contribution in [0.15, 0.2) is 39.1 Å². The van der Waals surface area contributed by atoms with Crippen molar-refractivity contribution in [2.45, 2.75) is 17.7 Å². The average molecular weight is 376 g/mol. The number of anilines is 1. The van der Waals surface area contributed by atoms with E-state index in [-0.39, 0.29) is 10.8 Å². The van der Waals surface area contributed by atoms with Gasteiger partial charge in [0.05, 0.1) is 9.90 Å². The molecule has 3 N–H and O–H groups in total. The van der Waals surface area contributed by atoms with Crippen LogP contribution in [-0.4, -0.2) is 19.9 Å². The second-order valence-corrected chi connectivity index (χ2v) is 7.85. The Kier molecular flexibility index (Phi) is 4.79. The summed E-state index contributed by atoms with van der Waals surface area (Å²) in [7, 11) is -3.56. The Labute approximate surface area is 130 Å². The van der Waals surface area contributed by atoms with Crippen LogP contribution in [0.3, 0.4) is 0 Å². The van der Waals surface area contributed by atoms with Crippen LogP contribution in [0.25, 0.3) is 0 Å². The van der Waals surface area contributed by atoms with Crippen LogP contribution in [0, 0.1) is 0 Å². The molecule has 0 aliphatic carbocycles. The topological polar surface area (TPSA) is 85.1 Å². The Balaban J connectivity index is 2.09. The third-order valence-corrected chi connectivity index (χ3v) is 5.88. The standard InChI is InChI=1S/C12H14BrN3O2S2/c1-8(12-15-4-5-19-12)7-16-20(17,18)9-2-3-10(13)11(14)6-9/h2-6,8,16H,7,14H2,1H3. The molecule has 0 aliphatic heterocycles. The van der Waals surface area contributed by atoms with Gasteiger partial charge in [0.15, 0.2) is 0 Å². The molecule has 0 saturated heterocycles. The molecule has 0 saturated carbocycles. The van der Waals surface area contributed by atoms with Crippen molar-refractivity contribution in [2.75, 3.05) is 12.3 Å². The van der Waals surface area contributed by atoms with E-state index in [0.29, 0.717) is 16.7 Å². The summed E-state index contributed by atoms with van der Waals surface area (Å²) in [6.07, 6.45) is 1.71. The summed E-state index contributed by atoms with van der Waals surface area (Å²) in [6.45, 7) is 2.23. The van der Waals surface area contributed by atoms with Gasteiger partial charge in [-0.15, -0.1) is 11.3 Å². The van der Waals surface area contributed by atoms with Crippen LogP contribution in [-0.2, 0) is 10.0 Å². The van der Waals surface area contributed by atoms with E-state index in [0.717, 1.165) is 5.01 Å². The molecule has 1 heterocycles. The average Bonchev–Trinajstić information content (AvgIpc) is 2.93. The van der Waals surface area contributed by atoms with E-state index in [1.807, 2.05) is 12.3 Å². The van der Waals surface area contributed by atoms with Crippen molar-refractivity contribution in [1.29, 1.82) is 0 Å². The van der Waals surface area contributed by atoms with Crippen molar-refractivity contribution in [3.63, 3.8) is 0 Å². The fourth-order valence-electron chi connectivity index (χ4n) is 1.57. The first-order valence-corrected chi connectivity index (χ1v) is 9.00. The van der Waals surface area contributed by atoms with Crippen molar-refractivity contribution >= 4 is 43.0 Å². The zero-order chi connectivity index (χ0) is 14.8. The van der Waals surface area contributed by atoms with E-state index in [4.69, 9.17) is 5.73 Å². The highest BCUT2D eigenvalue weighted by Gasteiger charge is 2.17. The fraction of sp³-hybridized carbons (Fsp3) is 0.250. The molecular formula is C12H14BrN3O2S2. The maximum absolute atomic E-state index is 12.2. The predicted octanol–water partition coefficient (Wildman–Crippen LogP) is 2.57. The molecule has 0 bridgehead atoms. The van der Waals surface area contributed by atoms with Crippen LogP contribution in [0.1, 0.15) is 17.8 Å². The molecule has 2 rings (SSSR count). The molecule has 0 spiro atoms. The molecular weight excluding hydrogens is 362 g/mol. The number of hydrogen-bond acceptors (Lipinski definition) is 5. The van der Waals surface area contributed by atoms with Crippen molar-refractivity contribution < 1.29 is 8.42 Å². The van der Waals surface area contributed by atoms with Gasteiger partial charge < -0.3 is 5.73 Å². The zero-order valence-corrected chi connectivity index (χ0v) is 13.9. The fourth-order valence-corrected chi connectivity index (χ4v) is 3.68. The first-order chi connectivity index (χ1) is 9.40. The SMILES string of the molecule is CC(CNS(=O)(=O)c1ccc(Br)c(N)c1)c1nccs1. The number of benzene rings is 1. The normalized spacial score (nSPS) is 13.3. The van der Waals surface area contributed by atoms with Crippen molar-refractivity contribution in [3.8, 4) is 0 Å². The van der Waals surface area contributed by atoms with Gasteiger partial charge in [-0.25, -0.2) is 18.1 Å². The Morgan fingerprint density at radius 3 is 2.85 bits per heavy atom. The van der Waals surface area contributed by atoms with Gasteiger partial charge >= 0.3 is 0 Å². The summed E-state index contributed by atoms with van der Waals surface area (Å²) in [5, 5.41) is 2.78. The van der Waals surface area contributed by atoms with Gasteiger partial charge in [-0.1, -0.05) is 6.92 Å². The van der Waals surface area contributed by atoms with E-state index in [1.54, 1.807) is 12.3 Å². The minimum absolute atomic E-state index is 0.0255. The number of nitrogens with zero attached hydrogens (tertiary/aromatic N) is 1. The third-order valence-electron chi connectivity index (χ3n) is 2.73. The Hall–Kier alpha value is -0.960. The minimum Gasteiger partial charge on any atom is -0.398 e. The van der Waals surface area contributed by atoms with Crippen LogP contribution >= 0.6 is 27.3 Å². The number of nitrogen functional groups attached to an aromatic ring is 1. The third kappa shape index (κ3) is 3.57. The second-order valence-electron chi connectivity index (χ2n) is 4.31. The van der Waals surface area contributed by atoms with E-state index < -0.39 is 10.0 Å². The maximum atomic E-state index is 12.2. The lowest BCUT2D eigenvalue weighted by molar-refractivity contribution is 0.574. The second kappa shape index (κ2) is 6.21. The molecule has 2 aromatic rings. The molecule has 0 aliphatic rings. The van der Waals surface area contributed by atoms with Gasteiger partial charge in [0, 0.05) is 34.2 Å². The number of nitrogens with two attached hydrogens (primary N) is 1. The summed E-state index contributed by atoms with van der Waals surface area (Å²) >= 11 is 4.75. The number of sulfonamides is 1. The summed E-state index contributed by atoms with van der Waals surface area (Å²) in [4.78, 5) is 4.33. The molecule has 20 heavy (non-hydrogen) atoms. The number of thiazole rings is 1. The summed E-state index contributed by atoms with van der Waals surface area (Å²) in [5.41, 5.74) is 6.09. The van der Waals surface area contributed by atoms with Crippen molar-refractivity contribution in [3.05, 3.63) is 39.3 Å². The number of aromatic nitrogens is 1. The maximum Gasteiger partial charge on any atom is 0.240 e. The lowest BCUT2D eigenvalue weighted by atomic mass is 10.2. The van der Waals surface area contributed by atoms with Crippen molar-refractivity contribution in [2.24, 2.45) is 0 Å². The van der Waals surface area contributed by atoms with Gasteiger partial charge in [-0.3, -0.25) is 0 Å². The molecule has 1 aromatic heterocycles. The molecule has 8 heteroatoms. The number of halogens is 1. The Bertz CT molecular complexity index is 687. The van der Waals surface area contributed by atoms with Gasteiger partial charge in [0.25, 0.3) is 0 Å². The highest BCUT2D eigenvalue weighted by Crippen LogP contribution is 2.23. The zero-order valence-electron chi connectivity index (χ0n) is 10.7. The molecule has 0 fully saturated rings. The quantitative estimate of drug-likeness (QED) is 0.786. The highest BCUT2D eigenvalue weighted by molar-refractivity contribution is 9.10. The van der Waals surface area contributed by atoms with E-state index in [9.17, 15) is 8.42 Å². The molecule has 1 unspecified atom stereocenters. The van der Waals surface area contributed by atoms with E-state index >= 15 is 0 Å². The predicted molar refractivity (Wildman–Crippen MR) is 84.3 cm³/mol. The summed E-state index contributed by atoms with van der Waals surface area (Å²) in [6, 6.07) is 4.56. The number of hydrogen-bond donors (Lipinski definition) is 2. The first kappa shape index (κ1) is 15.4. The number of rotatable bonds is 5. The first-order valence-electron chi connectivity index (χ1n) is 5.84. The Morgan fingerprint density at radius 2 is 2.25 bits per heavy atom. The molecule has 0 radical (unpaired) electrons. The van der Waals surface area contributed by atoms with E-state index in [2.05, 4.69) is 25.6 Å². The smallest absolute Gasteiger partial charge is 0.240 e. The number of nitrogens with one attached hydrogen (secondary N) is 1. The van der Waals surface area contributed by atoms with Crippen LogP contribution in [0.4, 0.5) is 5.69 Å². The molecule has 108 valence electrons. The van der Waals surface area contributed by atoms with Gasteiger partial charge in [-0.05, 0) is 34.1 Å². The molecule has 0 amide bonds. The minimum atomic E-state index is -3.56. The lowest BCUT2D eigenvalue weighted by Crippen LogP contribution is -2.27. The highest BCUT2D eigenvalue weighted by atomic mass is 79.9. The molecule has 5 nitrogen and oxygen atoms in total. The van der Waals surface area contributed by atoms with Gasteiger partial charge in [0.2, 0.25) is 10.0 Å². The molecule has 1 aromatic carbocycles. The lowest BCUT2D eigenvalue weighted by Gasteiger charge is -2.11. The van der Waals surface area contributed by atoms with E-state index in [1.165, 1.54) is 23.5 Å². The monoisotopic (exact) mass is 375 g/mol. The molecule has 1 atom stereocenters. The summed E-state index contributed by atoms with van der Waals surface area (Å²) in [5.74, 6) is 0.0255. The summed E-state index contributed by atoms with van der Waals surface area (Å²) < 4.78 is 27.6. The van der Waals surface area contributed by atoms with Crippen LogP contribution in [0.5, 0.6) is 0 Å². The largest absolute Gasteiger partial charge is 0.398 e. The van der Waals surface area contributed by atoms with Gasteiger partial charge in [0.1, 0.15) is 0 Å². The van der Waals surface area contributed by atoms with Gasteiger partial charge in [-0.2, -0.15) is 0 Å².